The summed E-state index contributed by atoms with van der Waals surface area (Å²) in [5, 5.41) is 18.8. The van der Waals surface area contributed by atoms with E-state index in [1.54, 1.807) is 0 Å². The van der Waals surface area contributed by atoms with Gasteiger partial charge in [-0.05, 0) is 24.3 Å². The smallest absolute Gasteiger partial charge is 0.0815 e. The lowest BCUT2D eigenvalue weighted by Crippen LogP contribution is -2.09. The van der Waals surface area contributed by atoms with Crippen LogP contribution in [0.4, 0.5) is 0 Å². The third kappa shape index (κ3) is 4.33. The Labute approximate surface area is 97.9 Å². The Bertz CT molecular complexity index is 271. The molecule has 1 aromatic carbocycles. The van der Waals surface area contributed by atoms with Gasteiger partial charge >= 0.3 is 0 Å². The largest absolute Gasteiger partial charge is 0.396 e. The molecule has 0 saturated carbocycles. The number of hydrogen-bond acceptors (Lipinski definition) is 2. The Morgan fingerprint density at radius 2 is 1.75 bits per heavy atom. The van der Waals surface area contributed by atoms with Crippen LogP contribution in [0.25, 0.3) is 0 Å². The molecule has 2 nitrogen and oxygen atoms in total. The summed E-state index contributed by atoms with van der Waals surface area (Å²) in [5.74, 6) is 0.279. The van der Waals surface area contributed by atoms with Crippen LogP contribution in [0.1, 0.15) is 44.3 Å². The molecule has 0 spiro atoms. The maximum absolute atomic E-state index is 10.1. The van der Waals surface area contributed by atoms with Gasteiger partial charge in [0, 0.05) is 6.61 Å². The summed E-state index contributed by atoms with van der Waals surface area (Å²) < 4.78 is 0. The maximum atomic E-state index is 10.1. The van der Waals surface area contributed by atoms with Gasteiger partial charge in [-0.25, -0.2) is 0 Å². The van der Waals surface area contributed by atoms with E-state index in [1.165, 1.54) is 0 Å². The zero-order valence-electron chi connectivity index (χ0n) is 9.97. The fraction of sp³-hybridized carbons (Fsp3) is 0.571. The predicted molar refractivity (Wildman–Crippen MR) is 66.1 cm³/mol. The number of aliphatic hydroxyl groups is 2. The minimum atomic E-state index is -0.365. The second-order valence-electron chi connectivity index (χ2n) is 4.41. The van der Waals surface area contributed by atoms with Gasteiger partial charge in [0.2, 0.25) is 0 Å². The van der Waals surface area contributed by atoms with Crippen LogP contribution in [0.5, 0.6) is 0 Å². The second-order valence-corrected chi connectivity index (χ2v) is 4.41. The van der Waals surface area contributed by atoms with Crippen LogP contribution in [0.3, 0.4) is 0 Å². The molecule has 2 N–H and O–H groups in total. The van der Waals surface area contributed by atoms with Crippen molar-refractivity contribution in [1.82, 2.24) is 0 Å². The fourth-order valence-electron chi connectivity index (χ4n) is 1.89. The third-order valence-corrected chi connectivity index (χ3v) is 3.00. The summed E-state index contributed by atoms with van der Waals surface area (Å²) in [6.45, 7) is 2.35. The van der Waals surface area contributed by atoms with Crippen LogP contribution in [0.15, 0.2) is 30.3 Å². The number of unbranched alkanes of at least 4 members (excludes halogenated alkanes) is 2. The molecule has 1 rings (SSSR count). The molecule has 0 heterocycles. The van der Waals surface area contributed by atoms with Crippen molar-refractivity contribution in [2.75, 3.05) is 6.61 Å². The van der Waals surface area contributed by atoms with E-state index in [4.69, 9.17) is 5.11 Å². The molecule has 1 aromatic rings. The van der Waals surface area contributed by atoms with Crippen LogP contribution < -0.4 is 0 Å². The topological polar surface area (TPSA) is 40.5 Å². The molecule has 2 atom stereocenters. The summed E-state index contributed by atoms with van der Waals surface area (Å²) in [6, 6.07) is 9.81. The van der Waals surface area contributed by atoms with Gasteiger partial charge in [-0.1, -0.05) is 50.1 Å². The molecule has 0 aliphatic heterocycles. The highest BCUT2D eigenvalue weighted by Crippen LogP contribution is 2.25. The van der Waals surface area contributed by atoms with E-state index in [1.807, 2.05) is 30.3 Å². The van der Waals surface area contributed by atoms with Crippen LogP contribution in [-0.4, -0.2) is 16.8 Å². The lowest BCUT2D eigenvalue weighted by molar-refractivity contribution is 0.111. The van der Waals surface area contributed by atoms with Crippen molar-refractivity contribution in [3.63, 3.8) is 0 Å². The van der Waals surface area contributed by atoms with E-state index in [-0.39, 0.29) is 18.6 Å². The van der Waals surface area contributed by atoms with E-state index in [2.05, 4.69) is 6.92 Å². The van der Waals surface area contributed by atoms with Crippen LogP contribution in [0.2, 0.25) is 0 Å². The van der Waals surface area contributed by atoms with Crippen molar-refractivity contribution in [3.8, 4) is 0 Å². The highest BCUT2D eigenvalue weighted by molar-refractivity contribution is 5.17. The SMILES string of the molecule is CC(CCCCCO)C(O)c1ccccc1. The zero-order chi connectivity index (χ0) is 11.8. The van der Waals surface area contributed by atoms with Crippen molar-refractivity contribution in [2.24, 2.45) is 5.92 Å². The average Bonchev–Trinajstić information content (AvgIpc) is 2.34. The maximum Gasteiger partial charge on any atom is 0.0815 e. The molecule has 0 amide bonds. The normalized spacial score (nSPS) is 14.7. The lowest BCUT2D eigenvalue weighted by Gasteiger charge is -2.19. The molecule has 16 heavy (non-hydrogen) atoms. The number of benzene rings is 1. The predicted octanol–water partition coefficient (Wildman–Crippen LogP) is 2.91. The van der Waals surface area contributed by atoms with Gasteiger partial charge in [0.15, 0.2) is 0 Å². The van der Waals surface area contributed by atoms with E-state index in [0.717, 1.165) is 31.2 Å². The Hall–Kier alpha value is -0.860. The fourth-order valence-corrected chi connectivity index (χ4v) is 1.89. The average molecular weight is 222 g/mol. The van der Waals surface area contributed by atoms with Crippen molar-refractivity contribution in [1.29, 1.82) is 0 Å². The molecule has 0 fully saturated rings. The van der Waals surface area contributed by atoms with Gasteiger partial charge in [0.25, 0.3) is 0 Å². The van der Waals surface area contributed by atoms with Crippen molar-refractivity contribution >= 4 is 0 Å². The summed E-state index contributed by atoms with van der Waals surface area (Å²) in [4.78, 5) is 0. The van der Waals surface area contributed by atoms with Gasteiger partial charge in [-0.15, -0.1) is 0 Å². The molecule has 90 valence electrons. The highest BCUT2D eigenvalue weighted by atomic mass is 16.3. The summed E-state index contributed by atoms with van der Waals surface area (Å²) >= 11 is 0. The molecule has 2 heteroatoms. The van der Waals surface area contributed by atoms with E-state index < -0.39 is 0 Å². The van der Waals surface area contributed by atoms with E-state index >= 15 is 0 Å². The quantitative estimate of drug-likeness (QED) is 0.696. The van der Waals surface area contributed by atoms with Crippen molar-refractivity contribution in [3.05, 3.63) is 35.9 Å². The van der Waals surface area contributed by atoms with E-state index in [9.17, 15) is 5.11 Å². The van der Waals surface area contributed by atoms with Gasteiger partial charge in [-0.3, -0.25) is 0 Å². The monoisotopic (exact) mass is 222 g/mol. The third-order valence-electron chi connectivity index (χ3n) is 3.00. The molecule has 0 aliphatic carbocycles. The first kappa shape index (κ1) is 13.2. The molecular weight excluding hydrogens is 200 g/mol. The van der Waals surface area contributed by atoms with E-state index in [0.29, 0.717) is 0 Å². The van der Waals surface area contributed by atoms with Crippen molar-refractivity contribution < 1.29 is 10.2 Å². The highest BCUT2D eigenvalue weighted by Gasteiger charge is 2.15. The molecule has 2 unspecified atom stereocenters. The summed E-state index contributed by atoms with van der Waals surface area (Å²) in [5.41, 5.74) is 0.997. The number of aliphatic hydroxyl groups excluding tert-OH is 2. The molecule has 0 aromatic heterocycles. The van der Waals surface area contributed by atoms with Gasteiger partial charge in [-0.2, -0.15) is 0 Å². The Balaban J connectivity index is 2.33. The first-order valence-corrected chi connectivity index (χ1v) is 6.09. The van der Waals surface area contributed by atoms with Gasteiger partial charge in [0.1, 0.15) is 0 Å². The Kier molecular flexibility index (Phi) is 6.12. The van der Waals surface area contributed by atoms with Gasteiger partial charge < -0.3 is 10.2 Å². The Morgan fingerprint density at radius 1 is 1.06 bits per heavy atom. The number of hydrogen-bond donors (Lipinski definition) is 2. The van der Waals surface area contributed by atoms with Crippen LogP contribution >= 0.6 is 0 Å². The first-order chi connectivity index (χ1) is 7.75. The minimum Gasteiger partial charge on any atom is -0.396 e. The molecule has 0 aliphatic rings. The van der Waals surface area contributed by atoms with Crippen LogP contribution in [-0.2, 0) is 0 Å². The lowest BCUT2D eigenvalue weighted by atomic mass is 9.92. The van der Waals surface area contributed by atoms with Gasteiger partial charge in [0.05, 0.1) is 6.10 Å². The zero-order valence-corrected chi connectivity index (χ0v) is 9.97. The molecular formula is C14H22O2. The van der Waals surface area contributed by atoms with Crippen LogP contribution in [0, 0.1) is 5.92 Å². The second kappa shape index (κ2) is 7.42. The summed E-state index contributed by atoms with van der Waals surface area (Å²) in [7, 11) is 0. The Morgan fingerprint density at radius 3 is 2.38 bits per heavy atom. The van der Waals surface area contributed by atoms with Crippen molar-refractivity contribution in [2.45, 2.75) is 38.7 Å². The standard InChI is InChI=1S/C14H22O2/c1-12(8-4-3-7-11-15)14(16)13-9-5-2-6-10-13/h2,5-6,9-10,12,14-16H,3-4,7-8,11H2,1H3. The molecule has 0 bridgehead atoms. The molecule has 0 saturated heterocycles. The first-order valence-electron chi connectivity index (χ1n) is 6.09. The minimum absolute atomic E-state index is 0.273. The summed E-state index contributed by atoms with van der Waals surface area (Å²) in [6.07, 6.45) is 3.63. The number of rotatable bonds is 7. The molecule has 0 radical (unpaired) electrons.